The highest BCUT2D eigenvalue weighted by molar-refractivity contribution is 4.93. The maximum absolute atomic E-state index is 3.92. The smallest absolute Gasteiger partial charge is 0.00822 e. The summed E-state index contributed by atoms with van der Waals surface area (Å²) in [6, 6.07) is 2.10. The fourth-order valence-electron chi connectivity index (χ4n) is 4.82. The molecule has 2 nitrogen and oxygen atoms in total. The summed E-state index contributed by atoms with van der Waals surface area (Å²) in [7, 11) is 0. The Morgan fingerprint density at radius 2 is 1.79 bits per heavy atom. The van der Waals surface area contributed by atoms with Gasteiger partial charge in [0, 0.05) is 18.1 Å². The molecule has 0 aromatic heterocycles. The highest BCUT2D eigenvalue weighted by atomic mass is 15.0. The highest BCUT2D eigenvalue weighted by Crippen LogP contribution is 2.45. The molecular weight excluding hydrogens is 232 g/mol. The first kappa shape index (κ1) is 15.3. The first-order valence-electron chi connectivity index (χ1n) is 8.25. The number of nitrogens with one attached hydrogen (secondary N) is 2. The van der Waals surface area contributed by atoms with E-state index in [2.05, 4.69) is 45.3 Å². The Hall–Kier alpha value is -0.0800. The van der Waals surface area contributed by atoms with Gasteiger partial charge in [-0.1, -0.05) is 27.7 Å². The third kappa shape index (κ3) is 4.75. The Kier molecular flexibility index (Phi) is 4.62. The first-order chi connectivity index (χ1) is 8.76. The van der Waals surface area contributed by atoms with Crippen LogP contribution in [0, 0.1) is 10.8 Å². The van der Waals surface area contributed by atoms with E-state index in [1.54, 1.807) is 0 Å². The van der Waals surface area contributed by atoms with Crippen LogP contribution in [0.3, 0.4) is 0 Å². The molecule has 0 bridgehead atoms. The molecule has 1 heterocycles. The van der Waals surface area contributed by atoms with E-state index in [1.807, 2.05) is 0 Å². The number of rotatable bonds is 4. The van der Waals surface area contributed by atoms with Gasteiger partial charge in [-0.15, -0.1) is 0 Å². The van der Waals surface area contributed by atoms with Gasteiger partial charge < -0.3 is 10.6 Å². The van der Waals surface area contributed by atoms with Gasteiger partial charge in [-0.25, -0.2) is 0 Å². The van der Waals surface area contributed by atoms with Gasteiger partial charge in [-0.3, -0.25) is 0 Å². The van der Waals surface area contributed by atoms with Crippen molar-refractivity contribution in [3.63, 3.8) is 0 Å². The minimum Gasteiger partial charge on any atom is -0.314 e. The molecule has 2 N–H and O–H groups in total. The van der Waals surface area contributed by atoms with Gasteiger partial charge >= 0.3 is 0 Å². The van der Waals surface area contributed by atoms with E-state index < -0.39 is 0 Å². The van der Waals surface area contributed by atoms with E-state index in [1.165, 1.54) is 45.1 Å². The zero-order chi connectivity index (χ0) is 14.1. The summed E-state index contributed by atoms with van der Waals surface area (Å²) in [6.45, 7) is 13.3. The van der Waals surface area contributed by atoms with Crippen LogP contribution in [0.4, 0.5) is 0 Å². The molecule has 19 heavy (non-hydrogen) atoms. The highest BCUT2D eigenvalue weighted by Gasteiger charge is 2.38. The Balaban J connectivity index is 1.83. The van der Waals surface area contributed by atoms with Crippen LogP contribution in [0.5, 0.6) is 0 Å². The van der Waals surface area contributed by atoms with E-state index in [0.29, 0.717) is 22.9 Å². The Morgan fingerprint density at radius 1 is 1.16 bits per heavy atom. The summed E-state index contributed by atoms with van der Waals surface area (Å²) in [5, 5.41) is 7.53. The summed E-state index contributed by atoms with van der Waals surface area (Å²) in [4.78, 5) is 0. The van der Waals surface area contributed by atoms with Crippen LogP contribution >= 0.6 is 0 Å². The predicted octanol–water partition coefficient (Wildman–Crippen LogP) is 3.71. The topological polar surface area (TPSA) is 24.1 Å². The van der Waals surface area contributed by atoms with Crippen molar-refractivity contribution in [2.45, 2.75) is 91.3 Å². The predicted molar refractivity (Wildman–Crippen MR) is 83.4 cm³/mol. The molecule has 0 radical (unpaired) electrons. The van der Waals surface area contributed by atoms with Gasteiger partial charge in [-0.05, 0) is 62.8 Å². The standard InChI is InChI=1S/C17H34N2/c1-13(9-14-7-6-8-18-14)19-15-10-16(2,3)12-17(4,5)11-15/h13-15,18-19H,6-12H2,1-5H3. The molecule has 0 aromatic carbocycles. The molecule has 2 atom stereocenters. The Morgan fingerprint density at radius 3 is 2.32 bits per heavy atom. The van der Waals surface area contributed by atoms with E-state index in [9.17, 15) is 0 Å². The average molecular weight is 266 g/mol. The van der Waals surface area contributed by atoms with E-state index in [0.717, 1.165) is 6.04 Å². The quantitative estimate of drug-likeness (QED) is 0.810. The minimum absolute atomic E-state index is 0.491. The second kappa shape index (κ2) is 5.73. The Labute approximate surface area is 120 Å². The van der Waals surface area contributed by atoms with Crippen molar-refractivity contribution in [1.82, 2.24) is 10.6 Å². The summed E-state index contributed by atoms with van der Waals surface area (Å²) < 4.78 is 0. The molecule has 112 valence electrons. The van der Waals surface area contributed by atoms with E-state index in [4.69, 9.17) is 0 Å². The van der Waals surface area contributed by atoms with Gasteiger partial charge in [-0.2, -0.15) is 0 Å². The number of hydrogen-bond donors (Lipinski definition) is 2. The van der Waals surface area contributed by atoms with E-state index >= 15 is 0 Å². The van der Waals surface area contributed by atoms with Gasteiger partial charge in [0.2, 0.25) is 0 Å². The second-order valence-corrected chi connectivity index (χ2v) is 8.71. The van der Waals surface area contributed by atoms with E-state index in [-0.39, 0.29) is 0 Å². The van der Waals surface area contributed by atoms with Gasteiger partial charge in [0.15, 0.2) is 0 Å². The van der Waals surface area contributed by atoms with Crippen LogP contribution < -0.4 is 10.6 Å². The summed E-state index contributed by atoms with van der Waals surface area (Å²) in [5.41, 5.74) is 0.982. The minimum atomic E-state index is 0.491. The molecule has 2 heteroatoms. The third-order valence-corrected chi connectivity index (χ3v) is 4.88. The lowest BCUT2D eigenvalue weighted by molar-refractivity contribution is 0.0802. The average Bonchev–Trinajstić information content (AvgIpc) is 2.63. The van der Waals surface area contributed by atoms with Crippen molar-refractivity contribution in [2.24, 2.45) is 10.8 Å². The molecule has 2 fully saturated rings. The summed E-state index contributed by atoms with van der Waals surface area (Å²) >= 11 is 0. The maximum atomic E-state index is 3.92. The number of hydrogen-bond acceptors (Lipinski definition) is 2. The molecule has 2 rings (SSSR count). The summed E-state index contributed by atoms with van der Waals surface area (Å²) in [5.74, 6) is 0. The van der Waals surface area contributed by atoms with Gasteiger partial charge in [0.05, 0.1) is 0 Å². The van der Waals surface area contributed by atoms with Crippen LogP contribution in [0.25, 0.3) is 0 Å². The van der Waals surface area contributed by atoms with Crippen molar-refractivity contribution in [3.8, 4) is 0 Å². The fraction of sp³-hybridized carbons (Fsp3) is 1.00. The van der Waals surface area contributed by atoms with Crippen LogP contribution in [0.15, 0.2) is 0 Å². The third-order valence-electron chi connectivity index (χ3n) is 4.88. The summed E-state index contributed by atoms with van der Waals surface area (Å²) in [6.07, 6.45) is 8.04. The second-order valence-electron chi connectivity index (χ2n) is 8.71. The Bertz CT molecular complexity index is 274. The molecule has 1 aliphatic carbocycles. The molecule has 0 amide bonds. The molecule has 2 aliphatic rings. The lowest BCUT2D eigenvalue weighted by Gasteiger charge is -2.46. The largest absolute Gasteiger partial charge is 0.314 e. The van der Waals surface area contributed by atoms with Crippen LogP contribution in [0.1, 0.15) is 73.1 Å². The lowest BCUT2D eigenvalue weighted by atomic mass is 9.63. The maximum Gasteiger partial charge on any atom is 0.00822 e. The monoisotopic (exact) mass is 266 g/mol. The van der Waals surface area contributed by atoms with Crippen molar-refractivity contribution >= 4 is 0 Å². The van der Waals surface area contributed by atoms with Crippen LogP contribution in [-0.4, -0.2) is 24.7 Å². The molecule has 2 unspecified atom stereocenters. The van der Waals surface area contributed by atoms with Gasteiger partial charge in [0.25, 0.3) is 0 Å². The first-order valence-corrected chi connectivity index (χ1v) is 8.25. The normalized spacial score (nSPS) is 32.4. The van der Waals surface area contributed by atoms with Gasteiger partial charge in [0.1, 0.15) is 0 Å². The lowest BCUT2D eigenvalue weighted by Crippen LogP contribution is -2.47. The van der Waals surface area contributed by atoms with Crippen LogP contribution in [-0.2, 0) is 0 Å². The molecule has 0 aromatic rings. The zero-order valence-corrected chi connectivity index (χ0v) is 13.7. The SMILES string of the molecule is CC(CC1CCCN1)NC1CC(C)(C)CC(C)(C)C1. The van der Waals surface area contributed by atoms with Crippen molar-refractivity contribution < 1.29 is 0 Å². The van der Waals surface area contributed by atoms with Crippen molar-refractivity contribution in [3.05, 3.63) is 0 Å². The molecule has 1 aliphatic heterocycles. The molecule has 1 saturated heterocycles. The molecular formula is C17H34N2. The molecule has 1 saturated carbocycles. The zero-order valence-electron chi connectivity index (χ0n) is 13.7. The van der Waals surface area contributed by atoms with Crippen LogP contribution in [0.2, 0.25) is 0 Å². The molecule has 0 spiro atoms. The fourth-order valence-corrected chi connectivity index (χ4v) is 4.82. The van der Waals surface area contributed by atoms with Crippen molar-refractivity contribution in [2.75, 3.05) is 6.54 Å². The van der Waals surface area contributed by atoms with Crippen molar-refractivity contribution in [1.29, 1.82) is 0 Å².